The Morgan fingerprint density at radius 1 is 1.43 bits per heavy atom. The van der Waals surface area contributed by atoms with Gasteiger partial charge in [0.2, 0.25) is 0 Å². The Labute approximate surface area is 127 Å². The minimum Gasteiger partial charge on any atom is -0.453 e. The van der Waals surface area contributed by atoms with Gasteiger partial charge in [-0.1, -0.05) is 19.8 Å². The smallest absolute Gasteiger partial charge is 0.407 e. The quantitative estimate of drug-likeness (QED) is 0.865. The van der Waals surface area contributed by atoms with Crippen LogP contribution >= 0.6 is 0 Å². The van der Waals surface area contributed by atoms with Crippen molar-refractivity contribution >= 4 is 6.09 Å². The van der Waals surface area contributed by atoms with E-state index in [1.807, 2.05) is 0 Å². The molecule has 2 aliphatic rings. The number of carbonyl (C=O) groups excluding carboxylic acids is 1. The molecule has 0 aromatic carbocycles. The van der Waals surface area contributed by atoms with E-state index >= 15 is 0 Å². The third-order valence-electron chi connectivity index (χ3n) is 4.98. The van der Waals surface area contributed by atoms with Crippen LogP contribution in [0.1, 0.15) is 45.4 Å². The number of nitriles is 1. The molecule has 0 radical (unpaired) electrons. The fourth-order valence-electron chi connectivity index (χ4n) is 3.89. The lowest BCUT2D eigenvalue weighted by atomic mass is 9.76. The van der Waals surface area contributed by atoms with Crippen molar-refractivity contribution in [2.45, 2.75) is 57.5 Å². The monoisotopic (exact) mass is 293 g/mol. The summed E-state index contributed by atoms with van der Waals surface area (Å²) in [5.74, 6) is 0.909. The summed E-state index contributed by atoms with van der Waals surface area (Å²) in [6.07, 6.45) is 6.44. The number of nitrogens with one attached hydrogen (secondary N) is 1. The van der Waals surface area contributed by atoms with Crippen molar-refractivity contribution in [3.05, 3.63) is 0 Å². The summed E-state index contributed by atoms with van der Waals surface area (Å²) in [5, 5.41) is 12.3. The predicted octanol–water partition coefficient (Wildman–Crippen LogP) is 2.53. The van der Waals surface area contributed by atoms with Crippen LogP contribution in [0.15, 0.2) is 0 Å². The number of carbonyl (C=O) groups is 1. The molecule has 4 unspecified atom stereocenters. The lowest BCUT2D eigenvalue weighted by Crippen LogP contribution is -2.45. The van der Waals surface area contributed by atoms with Crippen molar-refractivity contribution in [1.29, 1.82) is 5.26 Å². The molecule has 0 spiro atoms. The van der Waals surface area contributed by atoms with Gasteiger partial charge in [0.1, 0.15) is 0 Å². The van der Waals surface area contributed by atoms with Crippen LogP contribution in [-0.2, 0) is 4.74 Å². The van der Waals surface area contributed by atoms with E-state index in [0.717, 1.165) is 38.3 Å². The van der Waals surface area contributed by atoms with E-state index in [1.165, 1.54) is 26.4 Å². The summed E-state index contributed by atoms with van der Waals surface area (Å²) in [6.45, 7) is 4.05. The number of hydrogen-bond donors (Lipinski definition) is 1. The maximum absolute atomic E-state index is 11.3. The Morgan fingerprint density at radius 2 is 2.24 bits per heavy atom. The molecular weight excluding hydrogens is 266 g/mol. The van der Waals surface area contributed by atoms with Crippen LogP contribution in [0.5, 0.6) is 0 Å². The van der Waals surface area contributed by atoms with Gasteiger partial charge in [-0.05, 0) is 31.6 Å². The number of hydrogen-bond acceptors (Lipinski definition) is 4. The SMILES string of the molecule is CCCC1CCC(C#N)C(N2CCC(NC(=O)OC)C2)C1. The van der Waals surface area contributed by atoms with Gasteiger partial charge in [0.05, 0.1) is 19.1 Å². The van der Waals surface area contributed by atoms with Crippen molar-refractivity contribution in [1.82, 2.24) is 10.2 Å². The second-order valence-electron chi connectivity index (χ2n) is 6.39. The molecule has 1 aliphatic carbocycles. The highest BCUT2D eigenvalue weighted by Crippen LogP contribution is 2.35. The Balaban J connectivity index is 1.92. The molecule has 1 saturated carbocycles. The van der Waals surface area contributed by atoms with Gasteiger partial charge < -0.3 is 10.1 Å². The first-order valence-corrected chi connectivity index (χ1v) is 8.16. The van der Waals surface area contributed by atoms with Gasteiger partial charge >= 0.3 is 6.09 Å². The number of ether oxygens (including phenoxy) is 1. The summed E-state index contributed by atoms with van der Waals surface area (Å²) < 4.78 is 4.66. The summed E-state index contributed by atoms with van der Waals surface area (Å²) in [4.78, 5) is 13.7. The Bertz CT molecular complexity index is 393. The van der Waals surface area contributed by atoms with Crippen molar-refractivity contribution in [3.8, 4) is 6.07 Å². The molecule has 2 fully saturated rings. The van der Waals surface area contributed by atoms with Gasteiger partial charge in [-0.15, -0.1) is 0 Å². The van der Waals surface area contributed by atoms with E-state index in [1.54, 1.807) is 0 Å². The zero-order valence-corrected chi connectivity index (χ0v) is 13.2. The van der Waals surface area contributed by atoms with E-state index in [4.69, 9.17) is 0 Å². The molecule has 1 N–H and O–H groups in total. The maximum Gasteiger partial charge on any atom is 0.407 e. The first-order chi connectivity index (χ1) is 10.2. The van der Waals surface area contributed by atoms with Crippen molar-refractivity contribution < 1.29 is 9.53 Å². The van der Waals surface area contributed by atoms with E-state index in [0.29, 0.717) is 6.04 Å². The van der Waals surface area contributed by atoms with Crippen LogP contribution in [0.3, 0.4) is 0 Å². The second-order valence-corrected chi connectivity index (χ2v) is 6.39. The summed E-state index contributed by atoms with van der Waals surface area (Å²) in [7, 11) is 1.39. The molecule has 1 saturated heterocycles. The molecule has 0 aromatic heterocycles. The number of methoxy groups -OCH3 is 1. The average molecular weight is 293 g/mol. The summed E-state index contributed by atoms with van der Waals surface area (Å²) in [5.41, 5.74) is 0. The summed E-state index contributed by atoms with van der Waals surface area (Å²) in [6, 6.07) is 3.03. The second kappa shape index (κ2) is 7.65. The van der Waals surface area contributed by atoms with Crippen LogP contribution in [0, 0.1) is 23.2 Å². The van der Waals surface area contributed by atoms with Crippen molar-refractivity contribution in [3.63, 3.8) is 0 Å². The van der Waals surface area contributed by atoms with E-state index < -0.39 is 0 Å². The van der Waals surface area contributed by atoms with Gasteiger partial charge in [0.25, 0.3) is 0 Å². The molecule has 5 heteroatoms. The predicted molar refractivity (Wildman–Crippen MR) is 80.7 cm³/mol. The molecule has 21 heavy (non-hydrogen) atoms. The highest BCUT2D eigenvalue weighted by molar-refractivity contribution is 5.67. The molecule has 5 nitrogen and oxygen atoms in total. The maximum atomic E-state index is 11.3. The van der Waals surface area contributed by atoms with E-state index in [-0.39, 0.29) is 18.1 Å². The zero-order chi connectivity index (χ0) is 15.2. The molecular formula is C16H27N3O2. The Kier molecular flexibility index (Phi) is 5.86. The largest absolute Gasteiger partial charge is 0.453 e. The number of alkyl carbamates (subject to hydrolysis) is 1. The van der Waals surface area contributed by atoms with Gasteiger partial charge in [0, 0.05) is 25.2 Å². The third-order valence-corrected chi connectivity index (χ3v) is 4.98. The molecule has 2 rings (SSSR count). The molecule has 118 valence electrons. The fourth-order valence-corrected chi connectivity index (χ4v) is 3.89. The molecule has 4 atom stereocenters. The van der Waals surface area contributed by atoms with Crippen molar-refractivity contribution in [2.75, 3.05) is 20.2 Å². The van der Waals surface area contributed by atoms with Crippen LogP contribution in [0.4, 0.5) is 4.79 Å². The third kappa shape index (κ3) is 4.10. The number of amides is 1. The normalized spacial score (nSPS) is 33.4. The van der Waals surface area contributed by atoms with Gasteiger partial charge in [0.15, 0.2) is 0 Å². The van der Waals surface area contributed by atoms with Crippen LogP contribution in [0.25, 0.3) is 0 Å². The van der Waals surface area contributed by atoms with Crippen LogP contribution < -0.4 is 5.32 Å². The zero-order valence-electron chi connectivity index (χ0n) is 13.2. The van der Waals surface area contributed by atoms with E-state index in [9.17, 15) is 10.1 Å². The topological polar surface area (TPSA) is 65.4 Å². The highest BCUT2D eigenvalue weighted by Gasteiger charge is 2.37. The number of likely N-dealkylation sites (tertiary alicyclic amines) is 1. The first-order valence-electron chi connectivity index (χ1n) is 8.16. The van der Waals surface area contributed by atoms with Crippen LogP contribution in [-0.4, -0.2) is 43.3 Å². The Hall–Kier alpha value is -1.28. The van der Waals surface area contributed by atoms with Crippen molar-refractivity contribution in [2.24, 2.45) is 11.8 Å². The highest BCUT2D eigenvalue weighted by atomic mass is 16.5. The fraction of sp³-hybridized carbons (Fsp3) is 0.875. The van der Waals surface area contributed by atoms with Gasteiger partial charge in [-0.25, -0.2) is 4.79 Å². The molecule has 1 amide bonds. The summed E-state index contributed by atoms with van der Waals surface area (Å²) >= 11 is 0. The molecule has 0 bridgehead atoms. The lowest BCUT2D eigenvalue weighted by Gasteiger charge is -2.38. The first kappa shape index (κ1) is 16.1. The average Bonchev–Trinajstić information content (AvgIpc) is 2.95. The molecule has 1 aliphatic heterocycles. The van der Waals surface area contributed by atoms with E-state index in [2.05, 4.69) is 27.9 Å². The number of rotatable bonds is 4. The molecule has 0 aromatic rings. The van der Waals surface area contributed by atoms with Crippen LogP contribution in [0.2, 0.25) is 0 Å². The minimum absolute atomic E-state index is 0.148. The standard InChI is InChI=1S/C16H27N3O2/c1-3-4-12-5-6-13(10-17)15(9-12)19-8-7-14(11-19)18-16(20)21-2/h12-15H,3-9,11H2,1-2H3,(H,18,20). The number of nitrogens with zero attached hydrogens (tertiary/aromatic N) is 2. The van der Waals surface area contributed by atoms with Gasteiger partial charge in [-0.2, -0.15) is 5.26 Å². The lowest BCUT2D eigenvalue weighted by molar-refractivity contribution is 0.117. The minimum atomic E-state index is -0.355. The molecule has 1 heterocycles. The Morgan fingerprint density at radius 3 is 2.90 bits per heavy atom. The van der Waals surface area contributed by atoms with Gasteiger partial charge in [-0.3, -0.25) is 4.90 Å².